The molecule has 4 rings (SSSR count). The molecule has 0 radical (unpaired) electrons. The molecule has 0 bridgehead atoms. The zero-order chi connectivity index (χ0) is 25.1. The fourth-order valence-electron chi connectivity index (χ4n) is 3.86. The van der Waals surface area contributed by atoms with E-state index in [1.165, 1.54) is 16.7 Å². The lowest BCUT2D eigenvalue weighted by molar-refractivity contribution is -0.138. The molecular weight excluding hydrogens is 456 g/mol. The Morgan fingerprint density at radius 3 is 2.26 bits per heavy atom. The molecule has 35 heavy (non-hydrogen) atoms. The lowest BCUT2D eigenvalue weighted by atomic mass is 10.0. The van der Waals surface area contributed by atoms with Gasteiger partial charge in [-0.3, -0.25) is 14.4 Å². The zero-order valence-electron chi connectivity index (χ0n) is 18.7. The topological polar surface area (TPSA) is 151 Å². The van der Waals surface area contributed by atoms with E-state index in [0.29, 0.717) is 34.8 Å². The second-order valence-electron chi connectivity index (χ2n) is 7.79. The third kappa shape index (κ3) is 4.83. The van der Waals surface area contributed by atoms with Crippen molar-refractivity contribution >= 4 is 35.1 Å². The number of rotatable bonds is 8. The standard InChI is InChI=1S/C24H22N4O7/c1-35-17-8-6-16(7-9-17)28-22-18(21(26-28)24(33)34)12-13-27(23(22)32)15-4-2-14(3-5-15)25-19(29)10-11-20(30)31/h2-9H,10-13H2,1H3,(H,25,29)(H,30,31)(H,33,34). The van der Waals surface area contributed by atoms with E-state index in [1.807, 2.05) is 0 Å². The molecule has 180 valence electrons. The minimum atomic E-state index is -1.21. The summed E-state index contributed by atoms with van der Waals surface area (Å²) in [5.41, 5.74) is 1.92. The SMILES string of the molecule is COc1ccc(-n2nc(C(=O)O)c3c2C(=O)N(c2ccc(NC(=O)CCC(=O)O)cc2)CC3)cc1. The predicted molar refractivity (Wildman–Crippen MR) is 124 cm³/mol. The van der Waals surface area contributed by atoms with Crippen LogP contribution in [0.2, 0.25) is 0 Å². The van der Waals surface area contributed by atoms with Gasteiger partial charge in [-0.15, -0.1) is 0 Å². The minimum absolute atomic E-state index is 0.147. The molecular formula is C24H22N4O7. The van der Waals surface area contributed by atoms with Crippen LogP contribution in [0.3, 0.4) is 0 Å². The molecule has 0 spiro atoms. The Morgan fingerprint density at radius 2 is 1.66 bits per heavy atom. The summed E-state index contributed by atoms with van der Waals surface area (Å²) in [4.78, 5) is 49.3. The number of carboxylic acid groups (broad SMARTS) is 2. The summed E-state index contributed by atoms with van der Waals surface area (Å²) in [6.07, 6.45) is -0.118. The number of aromatic carboxylic acids is 1. The molecule has 1 aliphatic rings. The van der Waals surface area contributed by atoms with Gasteiger partial charge in [0.15, 0.2) is 5.69 Å². The Kier molecular flexibility index (Phi) is 6.49. The maximum atomic E-state index is 13.5. The number of nitrogens with zero attached hydrogens (tertiary/aromatic N) is 3. The summed E-state index contributed by atoms with van der Waals surface area (Å²) in [6.45, 7) is 0.255. The van der Waals surface area contributed by atoms with E-state index in [0.717, 1.165) is 0 Å². The van der Waals surface area contributed by atoms with Crippen molar-refractivity contribution in [1.29, 1.82) is 0 Å². The second-order valence-corrected chi connectivity index (χ2v) is 7.79. The molecule has 1 aromatic heterocycles. The quantitative estimate of drug-likeness (QED) is 0.447. The number of hydrogen-bond acceptors (Lipinski definition) is 6. The number of aliphatic carboxylic acids is 1. The maximum Gasteiger partial charge on any atom is 0.356 e. The monoisotopic (exact) mass is 478 g/mol. The van der Waals surface area contributed by atoms with Crippen LogP contribution in [0.25, 0.3) is 5.69 Å². The molecule has 2 heterocycles. The van der Waals surface area contributed by atoms with Gasteiger partial charge in [-0.2, -0.15) is 5.10 Å². The highest BCUT2D eigenvalue weighted by atomic mass is 16.5. The summed E-state index contributed by atoms with van der Waals surface area (Å²) in [5, 5.41) is 25.2. The number of fused-ring (bicyclic) bond motifs is 1. The highest BCUT2D eigenvalue weighted by Crippen LogP contribution is 2.30. The molecule has 11 nitrogen and oxygen atoms in total. The molecule has 0 fully saturated rings. The molecule has 2 amide bonds. The van der Waals surface area contributed by atoms with Gasteiger partial charge in [0.2, 0.25) is 5.91 Å². The molecule has 0 saturated carbocycles. The lowest BCUT2D eigenvalue weighted by Crippen LogP contribution is -2.39. The number of anilines is 2. The Labute approximate surface area is 199 Å². The van der Waals surface area contributed by atoms with Crippen LogP contribution < -0.4 is 15.0 Å². The first-order valence-corrected chi connectivity index (χ1v) is 10.7. The van der Waals surface area contributed by atoms with Crippen molar-refractivity contribution in [2.45, 2.75) is 19.3 Å². The van der Waals surface area contributed by atoms with E-state index < -0.39 is 23.8 Å². The van der Waals surface area contributed by atoms with Gasteiger partial charge in [-0.05, 0) is 55.0 Å². The fourth-order valence-corrected chi connectivity index (χ4v) is 3.86. The number of benzene rings is 2. The second kappa shape index (κ2) is 9.67. The molecule has 3 aromatic rings. The van der Waals surface area contributed by atoms with E-state index in [9.17, 15) is 24.3 Å². The van der Waals surface area contributed by atoms with Crippen LogP contribution in [0.5, 0.6) is 5.75 Å². The molecule has 2 aromatic carbocycles. The average molecular weight is 478 g/mol. The highest BCUT2D eigenvalue weighted by molar-refractivity contribution is 6.09. The third-order valence-electron chi connectivity index (χ3n) is 5.56. The number of nitrogens with one attached hydrogen (secondary N) is 1. The van der Waals surface area contributed by atoms with Crippen molar-refractivity contribution in [3.05, 3.63) is 65.5 Å². The summed E-state index contributed by atoms with van der Waals surface area (Å²) in [6, 6.07) is 13.3. The van der Waals surface area contributed by atoms with Crippen molar-refractivity contribution in [3.63, 3.8) is 0 Å². The Hall–Kier alpha value is -4.67. The van der Waals surface area contributed by atoms with E-state index in [-0.39, 0.29) is 30.8 Å². The number of hydrogen-bond donors (Lipinski definition) is 3. The van der Waals surface area contributed by atoms with E-state index in [2.05, 4.69) is 10.4 Å². The number of ether oxygens (including phenoxy) is 1. The van der Waals surface area contributed by atoms with E-state index in [4.69, 9.17) is 9.84 Å². The normalized spacial score (nSPS) is 12.7. The largest absolute Gasteiger partial charge is 0.497 e. The van der Waals surface area contributed by atoms with Crippen molar-refractivity contribution in [1.82, 2.24) is 9.78 Å². The van der Waals surface area contributed by atoms with Crippen molar-refractivity contribution in [2.75, 3.05) is 23.9 Å². The molecule has 0 aliphatic carbocycles. The number of carbonyl (C=O) groups excluding carboxylic acids is 2. The van der Waals surface area contributed by atoms with Gasteiger partial charge in [0.25, 0.3) is 5.91 Å². The Balaban J connectivity index is 1.61. The third-order valence-corrected chi connectivity index (χ3v) is 5.56. The van der Waals surface area contributed by atoms with Gasteiger partial charge in [0.05, 0.1) is 19.2 Å². The molecule has 0 unspecified atom stereocenters. The fraction of sp³-hybridized carbons (Fsp3) is 0.208. The van der Waals surface area contributed by atoms with Crippen molar-refractivity contribution < 1.29 is 34.1 Å². The van der Waals surface area contributed by atoms with Gasteiger partial charge in [0.1, 0.15) is 11.4 Å². The zero-order valence-corrected chi connectivity index (χ0v) is 18.7. The number of carbonyl (C=O) groups is 4. The van der Waals surface area contributed by atoms with E-state index in [1.54, 1.807) is 48.5 Å². The van der Waals surface area contributed by atoms with E-state index >= 15 is 0 Å². The Bertz CT molecular complexity index is 1300. The smallest absolute Gasteiger partial charge is 0.356 e. The molecule has 0 atom stereocenters. The van der Waals surface area contributed by atoms with Crippen LogP contribution in [0.15, 0.2) is 48.5 Å². The Morgan fingerprint density at radius 1 is 1.00 bits per heavy atom. The maximum absolute atomic E-state index is 13.5. The van der Waals surface area contributed by atoms with Crippen LogP contribution in [-0.2, 0) is 16.0 Å². The average Bonchev–Trinajstić information content (AvgIpc) is 3.25. The summed E-state index contributed by atoms with van der Waals surface area (Å²) in [5.74, 6) is -2.49. The summed E-state index contributed by atoms with van der Waals surface area (Å²) >= 11 is 0. The predicted octanol–water partition coefficient (Wildman–Crippen LogP) is 2.59. The summed E-state index contributed by atoms with van der Waals surface area (Å²) < 4.78 is 6.50. The van der Waals surface area contributed by atoms with Crippen molar-refractivity contribution in [2.24, 2.45) is 0 Å². The van der Waals surface area contributed by atoms with Gasteiger partial charge >= 0.3 is 11.9 Å². The minimum Gasteiger partial charge on any atom is -0.497 e. The first-order chi connectivity index (χ1) is 16.8. The lowest BCUT2D eigenvalue weighted by Gasteiger charge is -2.28. The molecule has 1 aliphatic heterocycles. The molecule has 3 N–H and O–H groups in total. The van der Waals surface area contributed by atoms with Crippen LogP contribution in [0.1, 0.15) is 39.4 Å². The van der Waals surface area contributed by atoms with Crippen LogP contribution in [0, 0.1) is 0 Å². The number of methoxy groups -OCH3 is 1. The van der Waals surface area contributed by atoms with Crippen molar-refractivity contribution in [3.8, 4) is 11.4 Å². The van der Waals surface area contributed by atoms with Gasteiger partial charge < -0.3 is 25.2 Å². The van der Waals surface area contributed by atoms with Gasteiger partial charge in [-0.25, -0.2) is 9.48 Å². The first-order valence-electron chi connectivity index (χ1n) is 10.7. The van der Waals surface area contributed by atoms with Gasteiger partial charge in [-0.1, -0.05) is 0 Å². The van der Waals surface area contributed by atoms with Crippen LogP contribution in [0.4, 0.5) is 11.4 Å². The van der Waals surface area contributed by atoms with Crippen LogP contribution >= 0.6 is 0 Å². The van der Waals surface area contributed by atoms with Gasteiger partial charge in [0, 0.05) is 29.9 Å². The number of aromatic nitrogens is 2. The first kappa shape index (κ1) is 23.5. The molecule has 0 saturated heterocycles. The molecule has 11 heteroatoms. The number of carboxylic acids is 2. The summed E-state index contributed by atoms with van der Waals surface area (Å²) in [7, 11) is 1.53. The van der Waals surface area contributed by atoms with Crippen LogP contribution in [-0.4, -0.2) is 57.4 Å². The number of amides is 2. The highest BCUT2D eigenvalue weighted by Gasteiger charge is 2.35.